The summed E-state index contributed by atoms with van der Waals surface area (Å²) < 4.78 is 10.3. The van der Waals surface area contributed by atoms with Crippen LogP contribution in [0.2, 0.25) is 5.02 Å². The summed E-state index contributed by atoms with van der Waals surface area (Å²) in [7, 11) is 1.23. The lowest BCUT2D eigenvalue weighted by molar-refractivity contribution is -0.150. The molecule has 1 N–H and O–H groups in total. The molecule has 0 aliphatic carbocycles. The van der Waals surface area contributed by atoms with Gasteiger partial charge in [-0.3, -0.25) is 0 Å². The third kappa shape index (κ3) is 3.81. The van der Waals surface area contributed by atoms with Crippen molar-refractivity contribution in [1.82, 2.24) is 0 Å². The van der Waals surface area contributed by atoms with Crippen molar-refractivity contribution < 1.29 is 19.4 Å². The molecule has 4 nitrogen and oxygen atoms in total. The van der Waals surface area contributed by atoms with Crippen LogP contribution in [0, 0.1) is 0 Å². The van der Waals surface area contributed by atoms with Crippen LogP contribution >= 0.6 is 23.4 Å². The lowest BCUT2D eigenvalue weighted by Gasteiger charge is -2.23. The molecule has 0 amide bonds. The van der Waals surface area contributed by atoms with Crippen molar-refractivity contribution in [2.75, 3.05) is 18.6 Å². The number of hydrogen-bond donors (Lipinski definition) is 1. The van der Waals surface area contributed by atoms with Crippen LogP contribution in [0.25, 0.3) is 0 Å². The molecule has 20 heavy (non-hydrogen) atoms. The van der Waals surface area contributed by atoms with Crippen LogP contribution in [0.15, 0.2) is 18.2 Å². The molecule has 0 spiro atoms. The van der Waals surface area contributed by atoms with Crippen molar-refractivity contribution in [1.29, 1.82) is 0 Å². The van der Waals surface area contributed by atoms with Crippen molar-refractivity contribution >= 4 is 29.3 Å². The number of hydrogen-bond acceptors (Lipinski definition) is 5. The van der Waals surface area contributed by atoms with E-state index in [1.54, 1.807) is 12.1 Å². The normalized spacial score (nSPS) is 20.2. The maximum atomic E-state index is 11.3. The van der Waals surface area contributed by atoms with E-state index in [9.17, 15) is 9.90 Å². The average Bonchev–Trinajstić information content (AvgIpc) is 2.48. The van der Waals surface area contributed by atoms with E-state index in [0.29, 0.717) is 16.3 Å². The third-order valence-corrected chi connectivity index (χ3v) is 4.59. The highest BCUT2D eigenvalue weighted by Crippen LogP contribution is 2.31. The molecular formula is C14H17ClO4S. The van der Waals surface area contributed by atoms with Gasteiger partial charge >= 0.3 is 5.97 Å². The van der Waals surface area contributed by atoms with Gasteiger partial charge < -0.3 is 14.6 Å². The first-order chi connectivity index (χ1) is 9.61. The summed E-state index contributed by atoms with van der Waals surface area (Å²) in [6.45, 7) is 0. The predicted molar refractivity (Wildman–Crippen MR) is 79.4 cm³/mol. The van der Waals surface area contributed by atoms with Gasteiger partial charge in [0, 0.05) is 5.75 Å². The Bertz CT molecular complexity index is 474. The Hall–Kier alpha value is -0.910. The fourth-order valence-corrected chi connectivity index (χ4v) is 3.28. The summed E-state index contributed by atoms with van der Waals surface area (Å²) >= 11 is 8.02. The van der Waals surface area contributed by atoms with E-state index < -0.39 is 12.1 Å². The summed E-state index contributed by atoms with van der Waals surface area (Å²) in [6, 6.07) is 4.84. The van der Waals surface area contributed by atoms with Crippen molar-refractivity contribution in [3.63, 3.8) is 0 Å². The molecule has 1 aromatic rings. The highest BCUT2D eigenvalue weighted by Gasteiger charge is 2.20. The quantitative estimate of drug-likeness (QED) is 0.866. The van der Waals surface area contributed by atoms with E-state index in [1.807, 2.05) is 11.8 Å². The van der Waals surface area contributed by atoms with Crippen molar-refractivity contribution in [3.8, 4) is 5.75 Å². The van der Waals surface area contributed by atoms with Crippen LogP contribution in [0.3, 0.4) is 0 Å². The largest absolute Gasteiger partial charge is 0.488 e. The van der Waals surface area contributed by atoms with Crippen molar-refractivity contribution in [2.45, 2.75) is 25.0 Å². The molecule has 1 aliphatic rings. The summed E-state index contributed by atoms with van der Waals surface area (Å²) in [5, 5.41) is 10.1. The fourth-order valence-electron chi connectivity index (χ4n) is 2.01. The highest BCUT2D eigenvalue weighted by atomic mass is 35.5. The van der Waals surface area contributed by atoms with Crippen LogP contribution < -0.4 is 4.74 Å². The molecule has 110 valence electrons. The Morgan fingerprint density at radius 3 is 2.95 bits per heavy atom. The first-order valence-electron chi connectivity index (χ1n) is 6.41. The Morgan fingerprint density at radius 2 is 2.35 bits per heavy atom. The first kappa shape index (κ1) is 15.5. The minimum absolute atomic E-state index is 0.169. The standard InChI is InChI=1S/C14H17ClO4S/c1-18-14(17)13(16)9-4-5-12(11(15)7-9)19-10-3-2-6-20-8-10/h4-5,7,10,13,16H,2-3,6,8H2,1H3. The van der Waals surface area contributed by atoms with Gasteiger partial charge in [0.25, 0.3) is 0 Å². The molecule has 2 atom stereocenters. The van der Waals surface area contributed by atoms with Crippen LogP contribution in [-0.4, -0.2) is 35.8 Å². The third-order valence-electron chi connectivity index (χ3n) is 3.11. The molecule has 1 saturated heterocycles. The molecule has 2 rings (SSSR count). The van der Waals surface area contributed by atoms with Crippen molar-refractivity contribution in [2.24, 2.45) is 0 Å². The highest BCUT2D eigenvalue weighted by molar-refractivity contribution is 7.99. The molecule has 6 heteroatoms. The van der Waals surface area contributed by atoms with Crippen LogP contribution in [0.4, 0.5) is 0 Å². The van der Waals surface area contributed by atoms with E-state index in [1.165, 1.54) is 18.9 Å². The minimum Gasteiger partial charge on any atom is -0.488 e. The number of esters is 1. The summed E-state index contributed by atoms with van der Waals surface area (Å²) in [6.07, 6.45) is 1.02. The number of aliphatic hydroxyl groups is 1. The molecule has 0 saturated carbocycles. The zero-order valence-electron chi connectivity index (χ0n) is 11.2. The SMILES string of the molecule is COC(=O)C(O)c1ccc(OC2CCCSC2)c(Cl)c1. The topological polar surface area (TPSA) is 55.8 Å². The van der Waals surface area contributed by atoms with E-state index in [-0.39, 0.29) is 6.10 Å². The van der Waals surface area contributed by atoms with Gasteiger partial charge in [0.05, 0.1) is 12.1 Å². The lowest BCUT2D eigenvalue weighted by atomic mass is 10.1. The van der Waals surface area contributed by atoms with Crippen LogP contribution in [0.5, 0.6) is 5.75 Å². The second-order valence-corrected chi connectivity index (χ2v) is 6.13. The van der Waals surface area contributed by atoms with Gasteiger partial charge in [0.1, 0.15) is 11.9 Å². The van der Waals surface area contributed by atoms with Gasteiger partial charge in [-0.05, 0) is 36.3 Å². The number of methoxy groups -OCH3 is 1. The molecule has 0 aromatic heterocycles. The van der Waals surface area contributed by atoms with E-state index in [2.05, 4.69) is 4.74 Å². The maximum absolute atomic E-state index is 11.3. The van der Waals surface area contributed by atoms with Gasteiger partial charge in [0.15, 0.2) is 6.10 Å². The lowest BCUT2D eigenvalue weighted by Crippen LogP contribution is -2.23. The molecule has 1 fully saturated rings. The molecule has 2 unspecified atom stereocenters. The molecule has 1 heterocycles. The monoisotopic (exact) mass is 316 g/mol. The van der Waals surface area contributed by atoms with E-state index in [0.717, 1.165) is 18.6 Å². The molecule has 1 aromatic carbocycles. The smallest absolute Gasteiger partial charge is 0.339 e. The molecule has 0 radical (unpaired) electrons. The van der Waals surface area contributed by atoms with Gasteiger partial charge in [-0.1, -0.05) is 17.7 Å². The van der Waals surface area contributed by atoms with Gasteiger partial charge in [-0.25, -0.2) is 4.79 Å². The predicted octanol–water partition coefficient (Wildman–Crippen LogP) is 2.82. The summed E-state index contributed by atoms with van der Waals surface area (Å²) in [5.74, 6) is 2.01. The second-order valence-electron chi connectivity index (χ2n) is 4.57. The number of rotatable bonds is 4. The zero-order valence-corrected chi connectivity index (χ0v) is 12.7. The summed E-state index contributed by atoms with van der Waals surface area (Å²) in [5.41, 5.74) is 0.396. The van der Waals surface area contributed by atoms with E-state index >= 15 is 0 Å². The van der Waals surface area contributed by atoms with Gasteiger partial charge in [0.2, 0.25) is 0 Å². The van der Waals surface area contributed by atoms with Crippen molar-refractivity contribution in [3.05, 3.63) is 28.8 Å². The van der Waals surface area contributed by atoms with Gasteiger partial charge in [-0.2, -0.15) is 11.8 Å². The Labute approximate surface area is 127 Å². The van der Waals surface area contributed by atoms with Crippen LogP contribution in [0.1, 0.15) is 24.5 Å². The van der Waals surface area contributed by atoms with Gasteiger partial charge in [-0.15, -0.1) is 0 Å². The number of benzene rings is 1. The second kappa shape index (κ2) is 7.20. The number of halogens is 1. The Morgan fingerprint density at radius 1 is 1.55 bits per heavy atom. The first-order valence-corrected chi connectivity index (χ1v) is 7.95. The Kier molecular flexibility index (Phi) is 5.57. The number of carbonyl (C=O) groups is 1. The molecular weight excluding hydrogens is 300 g/mol. The van der Waals surface area contributed by atoms with E-state index in [4.69, 9.17) is 16.3 Å². The Balaban J connectivity index is 2.07. The average molecular weight is 317 g/mol. The molecule has 1 aliphatic heterocycles. The number of ether oxygens (including phenoxy) is 2. The number of aliphatic hydroxyl groups excluding tert-OH is 1. The number of thioether (sulfide) groups is 1. The number of carbonyl (C=O) groups excluding carboxylic acids is 1. The van der Waals surface area contributed by atoms with Crippen LogP contribution in [-0.2, 0) is 9.53 Å². The fraction of sp³-hybridized carbons (Fsp3) is 0.500. The summed E-state index contributed by atoms with van der Waals surface area (Å²) in [4.78, 5) is 11.3. The zero-order chi connectivity index (χ0) is 14.5. The molecule has 0 bridgehead atoms. The maximum Gasteiger partial charge on any atom is 0.339 e. The minimum atomic E-state index is -1.32.